The van der Waals surface area contributed by atoms with Gasteiger partial charge in [-0.2, -0.15) is 5.10 Å². The third kappa shape index (κ3) is 4.86. The van der Waals surface area contributed by atoms with Gasteiger partial charge in [0.2, 0.25) is 0 Å². The molecule has 0 bridgehead atoms. The smallest absolute Gasteiger partial charge is 0.313 e. The number of carbonyl (C=O) groups is 1. The van der Waals surface area contributed by atoms with Gasteiger partial charge in [-0.1, -0.05) is 96.5 Å². The van der Waals surface area contributed by atoms with E-state index in [9.17, 15) is 4.79 Å². The summed E-state index contributed by atoms with van der Waals surface area (Å²) in [6.45, 7) is 17.8. The van der Waals surface area contributed by atoms with Gasteiger partial charge in [0.1, 0.15) is 18.2 Å². The maximum absolute atomic E-state index is 14.8. The van der Waals surface area contributed by atoms with Crippen molar-refractivity contribution in [3.05, 3.63) is 82.6 Å². The minimum absolute atomic E-state index is 0.00587. The second-order valence-corrected chi connectivity index (χ2v) is 19.2. The van der Waals surface area contributed by atoms with Crippen LogP contribution in [0.25, 0.3) is 5.57 Å². The highest BCUT2D eigenvalue weighted by Crippen LogP contribution is 2.77. The highest BCUT2D eigenvalue weighted by atomic mass is 16.5. The van der Waals surface area contributed by atoms with E-state index in [0.717, 1.165) is 56.3 Å². The Morgan fingerprint density at radius 2 is 1.67 bits per heavy atom. The first-order chi connectivity index (χ1) is 24.1. The average molecular weight is 690 g/mol. The van der Waals surface area contributed by atoms with Crippen molar-refractivity contribution in [2.45, 2.75) is 118 Å². The molecule has 7 atom stereocenters. The second kappa shape index (κ2) is 11.5. The van der Waals surface area contributed by atoms with Crippen LogP contribution < -0.4 is 10.5 Å². The van der Waals surface area contributed by atoms with Gasteiger partial charge < -0.3 is 15.2 Å². The number of fused-ring (bicyclic) bond motifs is 8. The van der Waals surface area contributed by atoms with Crippen molar-refractivity contribution in [2.24, 2.45) is 44.8 Å². The van der Waals surface area contributed by atoms with Crippen molar-refractivity contribution in [1.29, 1.82) is 0 Å². The molecule has 0 spiro atoms. The molecule has 5 aliphatic carbocycles. The fraction of sp³-hybridized carbons (Fsp3) is 0.600. The number of nitrogens with zero attached hydrogens (tertiary/aromatic N) is 1. The molecule has 0 amide bonds. The minimum Gasteiger partial charge on any atom is -0.497 e. The van der Waals surface area contributed by atoms with Gasteiger partial charge >= 0.3 is 5.97 Å². The van der Waals surface area contributed by atoms with E-state index < -0.39 is 5.41 Å². The van der Waals surface area contributed by atoms with Crippen LogP contribution in [0.15, 0.2) is 60.2 Å². The van der Waals surface area contributed by atoms with Crippen molar-refractivity contribution in [3.8, 4) is 5.75 Å². The van der Waals surface area contributed by atoms with E-state index in [-0.39, 0.29) is 39.0 Å². The van der Waals surface area contributed by atoms with Gasteiger partial charge in [-0.25, -0.2) is 0 Å². The van der Waals surface area contributed by atoms with Crippen LogP contribution in [0, 0.1) is 44.8 Å². The maximum Gasteiger partial charge on any atom is 0.313 e. The fourth-order valence-electron chi connectivity index (χ4n) is 13.1. The Bertz CT molecular complexity index is 1890. The molecule has 2 aromatic carbocycles. The summed E-state index contributed by atoms with van der Waals surface area (Å²) in [5, 5.41) is 7.95. The maximum atomic E-state index is 14.8. The first-order valence-electron chi connectivity index (χ1n) is 19.5. The van der Waals surface area contributed by atoms with Crippen LogP contribution in [-0.4, -0.2) is 23.3 Å². The molecule has 3 unspecified atom stereocenters. The summed E-state index contributed by atoms with van der Waals surface area (Å²) in [6.07, 6.45) is 9.04. The van der Waals surface area contributed by atoms with Crippen LogP contribution in [0.3, 0.4) is 0 Å². The van der Waals surface area contributed by atoms with Gasteiger partial charge in [0, 0.05) is 16.7 Å². The summed E-state index contributed by atoms with van der Waals surface area (Å²) in [4.78, 5) is 14.8. The molecule has 51 heavy (non-hydrogen) atoms. The highest BCUT2D eigenvalue weighted by Gasteiger charge is 2.70. The lowest BCUT2D eigenvalue weighted by Crippen LogP contribution is -2.65. The molecule has 8 rings (SSSR count). The number of ether oxygens (including phenoxy) is 2. The topological polar surface area (TPSA) is 90.2 Å². The van der Waals surface area contributed by atoms with Crippen molar-refractivity contribution in [2.75, 3.05) is 12.8 Å². The normalized spacial score (nSPS) is 36.1. The Morgan fingerprint density at radius 1 is 0.922 bits per heavy atom. The number of rotatable bonds is 5. The van der Waals surface area contributed by atoms with Crippen LogP contribution in [0.5, 0.6) is 5.75 Å². The average Bonchev–Trinajstić information content (AvgIpc) is 3.47. The molecule has 3 N–H and O–H groups in total. The number of nitrogen functional groups attached to an aromatic ring is 1. The van der Waals surface area contributed by atoms with E-state index in [1.165, 1.54) is 35.2 Å². The number of hydrogen-bond donors (Lipinski definition) is 2. The number of carbonyl (C=O) groups excluding carboxylic acids is 1. The molecular formula is C45H59N3O3. The fourth-order valence-corrected chi connectivity index (χ4v) is 13.1. The summed E-state index contributed by atoms with van der Waals surface area (Å²) in [6, 6.07) is 18.9. The standard InChI is InChI=1S/C45H59N3O3/c1-40(2)19-21-45(39(49)51-27-28-13-10-9-11-14-28)22-20-44(7)36(33(45)26-40)31(29-15-12-16-30(23-29)50-8)24-35-42(5)25-32-37(47-48-38(32)46)41(3,4)34(42)17-18-43(35,44)6/h9-16,23,33-35H,17-22,24-27H2,1-8H3,(H3,46,47,48)/t33?,34?,35?,42-,43+,44+,45-/m0/s1. The van der Waals surface area contributed by atoms with E-state index in [1.54, 1.807) is 12.7 Å². The molecule has 0 aliphatic heterocycles. The monoisotopic (exact) mass is 689 g/mol. The molecular weight excluding hydrogens is 631 g/mol. The summed E-state index contributed by atoms with van der Waals surface area (Å²) in [7, 11) is 1.76. The number of H-pyrrole nitrogens is 1. The van der Waals surface area contributed by atoms with Gasteiger partial charge in [0.25, 0.3) is 0 Å². The zero-order valence-electron chi connectivity index (χ0n) is 32.2. The molecule has 272 valence electrons. The predicted octanol–water partition coefficient (Wildman–Crippen LogP) is 10.1. The number of allylic oxidation sites excluding steroid dienone is 2. The summed E-state index contributed by atoms with van der Waals surface area (Å²) < 4.78 is 12.2. The van der Waals surface area contributed by atoms with E-state index in [1.807, 2.05) is 18.2 Å². The van der Waals surface area contributed by atoms with Gasteiger partial charge in [-0.3, -0.25) is 9.89 Å². The Labute approximate surface area is 305 Å². The quantitative estimate of drug-likeness (QED) is 0.260. The van der Waals surface area contributed by atoms with Crippen LogP contribution in [-0.2, 0) is 28.0 Å². The minimum atomic E-state index is -0.527. The number of anilines is 1. The number of nitrogens with one attached hydrogen (secondary N) is 1. The number of aromatic nitrogens is 2. The number of benzene rings is 2. The molecule has 1 aromatic heterocycles. The van der Waals surface area contributed by atoms with Gasteiger partial charge in [0.15, 0.2) is 0 Å². The largest absolute Gasteiger partial charge is 0.497 e. The zero-order valence-corrected chi connectivity index (χ0v) is 32.2. The van der Waals surface area contributed by atoms with Gasteiger partial charge in [-0.15, -0.1) is 0 Å². The predicted molar refractivity (Wildman–Crippen MR) is 204 cm³/mol. The number of aromatic amines is 1. The first-order valence-corrected chi connectivity index (χ1v) is 19.5. The third-order valence-corrected chi connectivity index (χ3v) is 16.0. The Kier molecular flexibility index (Phi) is 7.77. The van der Waals surface area contributed by atoms with Crippen molar-refractivity contribution >= 4 is 17.4 Å². The van der Waals surface area contributed by atoms with Crippen molar-refractivity contribution in [3.63, 3.8) is 0 Å². The lowest BCUT2D eigenvalue weighted by atomic mass is 9.33. The van der Waals surface area contributed by atoms with Crippen LogP contribution >= 0.6 is 0 Å². The molecule has 3 aromatic rings. The SMILES string of the molecule is COc1cccc(C2=C3C4CC(C)(C)CC[C@]4(C(=O)OCc4ccccc4)CC[C@@]3(C)[C@]3(C)CCC4C(C)(C)c5[nH]nc(N)c5C[C@]4(C)C3C2)c1. The summed E-state index contributed by atoms with van der Waals surface area (Å²) in [5.41, 5.74) is 13.9. The second-order valence-electron chi connectivity index (χ2n) is 19.2. The lowest BCUT2D eigenvalue weighted by molar-refractivity contribution is -0.181. The first kappa shape index (κ1) is 34.5. The number of methoxy groups -OCH3 is 1. The van der Waals surface area contributed by atoms with Crippen molar-refractivity contribution in [1.82, 2.24) is 10.2 Å². The number of hydrogen-bond acceptors (Lipinski definition) is 5. The molecule has 0 saturated heterocycles. The molecule has 6 nitrogen and oxygen atoms in total. The molecule has 3 saturated carbocycles. The Balaban J connectivity index is 1.32. The summed E-state index contributed by atoms with van der Waals surface area (Å²) >= 11 is 0. The highest BCUT2D eigenvalue weighted by molar-refractivity contribution is 5.82. The van der Waals surface area contributed by atoms with E-state index in [4.69, 9.17) is 15.2 Å². The molecule has 6 heteroatoms. The molecule has 5 aliphatic rings. The number of esters is 1. The van der Waals surface area contributed by atoms with E-state index in [0.29, 0.717) is 24.3 Å². The van der Waals surface area contributed by atoms with Crippen molar-refractivity contribution < 1.29 is 14.3 Å². The Hall–Kier alpha value is -3.54. The zero-order chi connectivity index (χ0) is 36.2. The van der Waals surface area contributed by atoms with Crippen LogP contribution in [0.2, 0.25) is 0 Å². The van der Waals surface area contributed by atoms with Crippen LogP contribution in [0.4, 0.5) is 5.82 Å². The molecule has 3 fully saturated rings. The summed E-state index contributed by atoms with van der Waals surface area (Å²) in [5.74, 6) is 2.59. The lowest BCUT2D eigenvalue weighted by Gasteiger charge is -2.71. The van der Waals surface area contributed by atoms with E-state index >= 15 is 0 Å². The van der Waals surface area contributed by atoms with Gasteiger partial charge in [-0.05, 0) is 126 Å². The third-order valence-electron chi connectivity index (χ3n) is 16.0. The molecule has 0 radical (unpaired) electrons. The number of nitrogens with two attached hydrogens (primary N) is 1. The van der Waals surface area contributed by atoms with E-state index in [2.05, 4.69) is 95.1 Å². The molecule has 1 heterocycles. The van der Waals surface area contributed by atoms with Crippen LogP contribution in [0.1, 0.15) is 122 Å². The Morgan fingerprint density at radius 3 is 2.41 bits per heavy atom. The van der Waals surface area contributed by atoms with Gasteiger partial charge in [0.05, 0.1) is 12.5 Å².